The number of rotatable bonds is 13. The van der Waals surface area contributed by atoms with Crippen molar-refractivity contribution >= 4 is 5.97 Å². The van der Waals surface area contributed by atoms with E-state index in [0.717, 1.165) is 12.8 Å². The molecule has 0 aromatic heterocycles. The number of methoxy groups -OCH3 is 1. The molecule has 4 nitrogen and oxygen atoms in total. The number of carboxylic acids is 1. The van der Waals surface area contributed by atoms with Gasteiger partial charge in [0, 0.05) is 13.5 Å². The fourth-order valence-corrected chi connectivity index (χ4v) is 2.25. The zero-order chi connectivity index (χ0) is 14.5. The number of ether oxygens (including phenoxy) is 1. The highest BCUT2D eigenvalue weighted by atomic mass is 16.5. The first-order chi connectivity index (χ1) is 9.10. The highest BCUT2D eigenvalue weighted by Crippen LogP contribution is 2.15. The lowest BCUT2D eigenvalue weighted by atomic mass is 10.0. The summed E-state index contributed by atoms with van der Waals surface area (Å²) in [6.07, 6.45) is 9.05. The van der Waals surface area contributed by atoms with E-state index in [9.17, 15) is 9.90 Å². The van der Waals surface area contributed by atoms with E-state index in [0.29, 0.717) is 6.42 Å². The lowest BCUT2D eigenvalue weighted by molar-refractivity contribution is -0.139. The summed E-state index contributed by atoms with van der Waals surface area (Å²) in [6, 6.07) is 0. The van der Waals surface area contributed by atoms with Crippen LogP contribution in [-0.2, 0) is 9.53 Å². The summed E-state index contributed by atoms with van der Waals surface area (Å²) in [7, 11) is 1.62. The van der Waals surface area contributed by atoms with E-state index in [4.69, 9.17) is 9.84 Å². The molecule has 0 aromatic rings. The molecule has 0 unspecified atom stereocenters. The second kappa shape index (κ2) is 12.4. The van der Waals surface area contributed by atoms with Gasteiger partial charge < -0.3 is 14.9 Å². The summed E-state index contributed by atoms with van der Waals surface area (Å²) in [4.78, 5) is 10.5. The Balaban J connectivity index is 3.56. The summed E-state index contributed by atoms with van der Waals surface area (Å²) in [5.41, 5.74) is 0. The van der Waals surface area contributed by atoms with Crippen LogP contribution >= 0.6 is 0 Å². The Bertz CT molecular complexity index is 218. The average molecular weight is 274 g/mol. The molecule has 114 valence electrons. The molecule has 0 aliphatic heterocycles. The molecular formula is C15H30O4. The van der Waals surface area contributed by atoms with Gasteiger partial charge in [0.2, 0.25) is 0 Å². The van der Waals surface area contributed by atoms with Gasteiger partial charge in [0.25, 0.3) is 0 Å². The van der Waals surface area contributed by atoms with Crippen LogP contribution < -0.4 is 0 Å². The number of aliphatic hydroxyl groups is 1. The predicted molar refractivity (Wildman–Crippen MR) is 76.3 cm³/mol. The van der Waals surface area contributed by atoms with Crippen LogP contribution in [0.3, 0.4) is 0 Å². The molecule has 0 bridgehead atoms. The van der Waals surface area contributed by atoms with Gasteiger partial charge in [0.15, 0.2) is 0 Å². The van der Waals surface area contributed by atoms with Crippen LogP contribution in [0.2, 0.25) is 0 Å². The maximum absolute atomic E-state index is 10.5. The molecule has 0 spiro atoms. The van der Waals surface area contributed by atoms with Crippen molar-refractivity contribution in [3.63, 3.8) is 0 Å². The van der Waals surface area contributed by atoms with Gasteiger partial charge in [-0.3, -0.25) is 4.79 Å². The minimum atomic E-state index is -0.960. The molecule has 0 saturated carbocycles. The first-order valence-corrected chi connectivity index (χ1v) is 7.52. The van der Waals surface area contributed by atoms with Gasteiger partial charge in [0.05, 0.1) is 18.6 Å². The molecule has 0 radical (unpaired) electrons. The van der Waals surface area contributed by atoms with Gasteiger partial charge in [-0.15, -0.1) is 0 Å². The monoisotopic (exact) mass is 274 g/mol. The van der Waals surface area contributed by atoms with Crippen molar-refractivity contribution in [2.45, 2.75) is 83.3 Å². The van der Waals surface area contributed by atoms with E-state index in [2.05, 4.69) is 6.92 Å². The van der Waals surface area contributed by atoms with Crippen LogP contribution in [0.4, 0.5) is 0 Å². The van der Waals surface area contributed by atoms with E-state index in [1.165, 1.54) is 38.5 Å². The van der Waals surface area contributed by atoms with E-state index >= 15 is 0 Å². The Morgan fingerprint density at radius 3 is 2.21 bits per heavy atom. The minimum absolute atomic E-state index is 0.0232. The molecular weight excluding hydrogens is 244 g/mol. The molecule has 0 aliphatic carbocycles. The van der Waals surface area contributed by atoms with Crippen LogP contribution in [0.25, 0.3) is 0 Å². The maximum Gasteiger partial charge on any atom is 0.305 e. The number of aliphatic hydroxyl groups excluding tert-OH is 1. The fraction of sp³-hybridized carbons (Fsp3) is 0.933. The van der Waals surface area contributed by atoms with Gasteiger partial charge in [0.1, 0.15) is 0 Å². The third-order valence-electron chi connectivity index (χ3n) is 3.41. The highest BCUT2D eigenvalue weighted by molar-refractivity contribution is 5.67. The van der Waals surface area contributed by atoms with Gasteiger partial charge in [-0.05, 0) is 6.42 Å². The molecule has 0 heterocycles. The lowest BCUT2D eigenvalue weighted by Gasteiger charge is -2.18. The van der Waals surface area contributed by atoms with Crippen molar-refractivity contribution in [3.8, 4) is 0 Å². The van der Waals surface area contributed by atoms with E-state index in [1.54, 1.807) is 7.11 Å². The smallest absolute Gasteiger partial charge is 0.305 e. The molecule has 0 saturated heterocycles. The fourth-order valence-electron chi connectivity index (χ4n) is 2.25. The normalized spacial score (nSPS) is 14.3. The third kappa shape index (κ3) is 12.2. The topological polar surface area (TPSA) is 66.8 Å². The first-order valence-electron chi connectivity index (χ1n) is 7.52. The first kappa shape index (κ1) is 18.4. The summed E-state index contributed by atoms with van der Waals surface area (Å²) in [5.74, 6) is -0.960. The molecule has 19 heavy (non-hydrogen) atoms. The molecule has 0 aromatic carbocycles. The number of aliphatic carboxylic acids is 1. The Morgan fingerprint density at radius 2 is 1.68 bits per heavy atom. The SMILES string of the molecule is CCCCCCCCC[C@@H](C[C@H](O)CC(=O)O)OC. The van der Waals surface area contributed by atoms with Crippen LogP contribution in [0, 0.1) is 0 Å². The van der Waals surface area contributed by atoms with E-state index < -0.39 is 12.1 Å². The Hall–Kier alpha value is -0.610. The molecule has 0 amide bonds. The van der Waals surface area contributed by atoms with Gasteiger partial charge in [-0.1, -0.05) is 51.9 Å². The number of hydrogen-bond donors (Lipinski definition) is 2. The van der Waals surface area contributed by atoms with Crippen molar-refractivity contribution in [3.05, 3.63) is 0 Å². The summed E-state index contributed by atoms with van der Waals surface area (Å²) in [6.45, 7) is 2.21. The second-order valence-electron chi connectivity index (χ2n) is 5.26. The number of carboxylic acid groups (broad SMARTS) is 1. The molecule has 4 heteroatoms. The van der Waals surface area contributed by atoms with Crippen LogP contribution in [0.15, 0.2) is 0 Å². The van der Waals surface area contributed by atoms with Crippen molar-refractivity contribution in [2.75, 3.05) is 7.11 Å². The van der Waals surface area contributed by atoms with Crippen LogP contribution in [0.5, 0.6) is 0 Å². The summed E-state index contributed by atoms with van der Waals surface area (Å²) >= 11 is 0. The maximum atomic E-state index is 10.5. The zero-order valence-electron chi connectivity index (χ0n) is 12.4. The number of unbranched alkanes of at least 4 members (excludes halogenated alkanes) is 6. The molecule has 0 fully saturated rings. The molecule has 0 rings (SSSR count). The highest BCUT2D eigenvalue weighted by Gasteiger charge is 2.16. The third-order valence-corrected chi connectivity index (χ3v) is 3.41. The Morgan fingerprint density at radius 1 is 1.11 bits per heavy atom. The van der Waals surface area contributed by atoms with Crippen molar-refractivity contribution in [1.29, 1.82) is 0 Å². The van der Waals surface area contributed by atoms with Crippen LogP contribution in [0.1, 0.15) is 71.1 Å². The lowest BCUT2D eigenvalue weighted by Crippen LogP contribution is -2.22. The molecule has 2 atom stereocenters. The largest absolute Gasteiger partial charge is 0.481 e. The van der Waals surface area contributed by atoms with Crippen molar-refractivity contribution < 1.29 is 19.7 Å². The van der Waals surface area contributed by atoms with Crippen molar-refractivity contribution in [2.24, 2.45) is 0 Å². The quantitative estimate of drug-likeness (QED) is 0.505. The minimum Gasteiger partial charge on any atom is -0.481 e. The van der Waals surface area contributed by atoms with E-state index in [1.807, 2.05) is 0 Å². The average Bonchev–Trinajstić information content (AvgIpc) is 2.35. The number of hydrogen-bond acceptors (Lipinski definition) is 3. The summed E-state index contributed by atoms with van der Waals surface area (Å²) < 4.78 is 5.29. The predicted octanol–water partition coefficient (Wildman–Crippen LogP) is 3.37. The van der Waals surface area contributed by atoms with Gasteiger partial charge in [-0.25, -0.2) is 0 Å². The zero-order valence-corrected chi connectivity index (χ0v) is 12.4. The molecule has 2 N–H and O–H groups in total. The number of carbonyl (C=O) groups is 1. The Kier molecular flexibility index (Phi) is 12.0. The second-order valence-corrected chi connectivity index (χ2v) is 5.26. The van der Waals surface area contributed by atoms with Crippen molar-refractivity contribution in [1.82, 2.24) is 0 Å². The van der Waals surface area contributed by atoms with Crippen LogP contribution in [-0.4, -0.2) is 35.5 Å². The van der Waals surface area contributed by atoms with Gasteiger partial charge in [-0.2, -0.15) is 0 Å². The van der Waals surface area contributed by atoms with Gasteiger partial charge >= 0.3 is 5.97 Å². The molecule has 0 aliphatic rings. The summed E-state index contributed by atoms with van der Waals surface area (Å²) in [5, 5.41) is 18.1. The van der Waals surface area contributed by atoms with E-state index in [-0.39, 0.29) is 12.5 Å². The Labute approximate surface area is 117 Å². The standard InChI is InChI=1S/C15H30O4/c1-3-4-5-6-7-8-9-10-14(19-2)11-13(16)12-15(17)18/h13-14,16H,3-12H2,1-2H3,(H,17,18)/t13-,14-/m0/s1.